The zero-order valence-electron chi connectivity index (χ0n) is 12.8. The number of hydrogen-bond acceptors (Lipinski definition) is 4. The predicted octanol–water partition coefficient (Wildman–Crippen LogP) is 2.63. The molecule has 23 heavy (non-hydrogen) atoms. The molecule has 122 valence electrons. The standard InChI is InChI=1S/C16H18F2N4O/c1-22-14(20-15(21-22)16(18)6-7-16)12-2-4-13(5-3-12)23-10-11(8-17)9-19/h2-5,8H,6-7,9-10,19H2,1H3/b11-8+. The van der Waals surface area contributed by atoms with E-state index < -0.39 is 5.67 Å². The lowest BCUT2D eigenvalue weighted by Gasteiger charge is -2.08. The van der Waals surface area contributed by atoms with E-state index in [4.69, 9.17) is 10.5 Å². The van der Waals surface area contributed by atoms with Crippen LogP contribution in [-0.4, -0.2) is 27.9 Å². The van der Waals surface area contributed by atoms with Gasteiger partial charge in [0, 0.05) is 24.7 Å². The first-order valence-electron chi connectivity index (χ1n) is 7.37. The van der Waals surface area contributed by atoms with Gasteiger partial charge in [-0.2, -0.15) is 5.10 Å². The Bertz CT molecular complexity index is 720. The highest BCUT2D eigenvalue weighted by molar-refractivity contribution is 5.56. The van der Waals surface area contributed by atoms with Gasteiger partial charge < -0.3 is 10.5 Å². The van der Waals surface area contributed by atoms with E-state index in [9.17, 15) is 8.78 Å². The van der Waals surface area contributed by atoms with E-state index in [-0.39, 0.29) is 19.0 Å². The van der Waals surface area contributed by atoms with Gasteiger partial charge in [-0.25, -0.2) is 18.4 Å². The average Bonchev–Trinajstić information content (AvgIpc) is 3.19. The number of aromatic nitrogens is 3. The summed E-state index contributed by atoms with van der Waals surface area (Å²) in [4.78, 5) is 4.31. The normalized spacial score (nSPS) is 16.4. The van der Waals surface area contributed by atoms with Gasteiger partial charge >= 0.3 is 0 Å². The first-order chi connectivity index (χ1) is 11.1. The van der Waals surface area contributed by atoms with Crippen LogP contribution in [0, 0.1) is 0 Å². The zero-order valence-corrected chi connectivity index (χ0v) is 12.8. The van der Waals surface area contributed by atoms with Crippen molar-refractivity contribution in [2.75, 3.05) is 13.2 Å². The molecule has 1 aromatic heterocycles. The van der Waals surface area contributed by atoms with E-state index in [1.54, 1.807) is 23.9 Å². The first-order valence-corrected chi connectivity index (χ1v) is 7.37. The average molecular weight is 320 g/mol. The molecule has 2 aromatic rings. The summed E-state index contributed by atoms with van der Waals surface area (Å²) in [5.41, 5.74) is 5.21. The van der Waals surface area contributed by atoms with Crippen LogP contribution in [0.3, 0.4) is 0 Å². The quantitative estimate of drug-likeness (QED) is 0.888. The van der Waals surface area contributed by atoms with Gasteiger partial charge in [0.25, 0.3) is 0 Å². The molecule has 1 heterocycles. The predicted molar refractivity (Wildman–Crippen MR) is 82.2 cm³/mol. The van der Waals surface area contributed by atoms with Gasteiger partial charge in [0.05, 0.1) is 6.33 Å². The van der Waals surface area contributed by atoms with Gasteiger partial charge in [-0.1, -0.05) is 0 Å². The topological polar surface area (TPSA) is 66.0 Å². The van der Waals surface area contributed by atoms with Crippen LogP contribution in [-0.2, 0) is 12.7 Å². The molecule has 7 heteroatoms. The number of halogens is 2. The third-order valence-electron chi connectivity index (χ3n) is 3.81. The fourth-order valence-electron chi connectivity index (χ4n) is 2.17. The molecule has 0 aliphatic heterocycles. The van der Waals surface area contributed by atoms with Crippen molar-refractivity contribution in [1.82, 2.24) is 14.8 Å². The van der Waals surface area contributed by atoms with E-state index in [1.165, 1.54) is 0 Å². The van der Waals surface area contributed by atoms with Gasteiger partial charge in [0.1, 0.15) is 12.4 Å². The fraction of sp³-hybridized carbons (Fsp3) is 0.375. The molecule has 0 amide bonds. The molecule has 0 spiro atoms. The van der Waals surface area contributed by atoms with Gasteiger partial charge in [-0.3, -0.25) is 0 Å². The van der Waals surface area contributed by atoms with Crippen LogP contribution < -0.4 is 10.5 Å². The second-order valence-electron chi connectivity index (χ2n) is 5.63. The number of alkyl halides is 1. The smallest absolute Gasteiger partial charge is 0.188 e. The van der Waals surface area contributed by atoms with Crippen molar-refractivity contribution < 1.29 is 13.5 Å². The van der Waals surface area contributed by atoms with Gasteiger partial charge in [0.2, 0.25) is 0 Å². The van der Waals surface area contributed by atoms with E-state index in [1.807, 2.05) is 12.1 Å². The third-order valence-corrected chi connectivity index (χ3v) is 3.81. The maximum absolute atomic E-state index is 14.0. The Morgan fingerprint density at radius 2 is 2.09 bits per heavy atom. The summed E-state index contributed by atoms with van der Waals surface area (Å²) >= 11 is 0. The van der Waals surface area contributed by atoms with E-state index in [2.05, 4.69) is 10.1 Å². The van der Waals surface area contributed by atoms with Crippen molar-refractivity contribution in [2.45, 2.75) is 18.5 Å². The van der Waals surface area contributed by atoms with Crippen molar-refractivity contribution in [2.24, 2.45) is 12.8 Å². The van der Waals surface area contributed by atoms with Crippen LogP contribution in [0.15, 0.2) is 36.2 Å². The number of rotatable bonds is 6. The molecular formula is C16H18F2N4O. The summed E-state index contributed by atoms with van der Waals surface area (Å²) in [6.07, 6.45) is 1.42. The summed E-state index contributed by atoms with van der Waals surface area (Å²) in [6.45, 7) is 0.214. The summed E-state index contributed by atoms with van der Waals surface area (Å²) < 4.78 is 33.5. The molecule has 0 saturated heterocycles. The van der Waals surface area contributed by atoms with E-state index in [0.717, 1.165) is 5.56 Å². The van der Waals surface area contributed by atoms with Crippen molar-refractivity contribution in [3.8, 4) is 17.1 Å². The van der Waals surface area contributed by atoms with Gasteiger partial charge in [-0.05, 0) is 37.1 Å². The maximum Gasteiger partial charge on any atom is 0.188 e. The zero-order chi connectivity index (χ0) is 16.4. The number of hydrogen-bond donors (Lipinski definition) is 1. The Hall–Kier alpha value is -2.28. The maximum atomic E-state index is 14.0. The van der Waals surface area contributed by atoms with E-state index >= 15 is 0 Å². The lowest BCUT2D eigenvalue weighted by atomic mass is 10.2. The van der Waals surface area contributed by atoms with Crippen LogP contribution in [0.2, 0.25) is 0 Å². The second-order valence-corrected chi connectivity index (χ2v) is 5.63. The number of benzene rings is 1. The van der Waals surface area contributed by atoms with Crippen molar-refractivity contribution in [1.29, 1.82) is 0 Å². The lowest BCUT2D eigenvalue weighted by molar-refractivity contribution is 0.299. The number of nitrogens with two attached hydrogens (primary N) is 1. The SMILES string of the molecule is Cn1nc(C2(F)CC2)nc1-c1ccc(OC/C(=C/F)CN)cc1. The first kappa shape index (κ1) is 15.6. The van der Waals surface area contributed by atoms with Gasteiger partial charge in [0.15, 0.2) is 17.3 Å². The van der Waals surface area contributed by atoms with Crippen LogP contribution in [0.4, 0.5) is 8.78 Å². The molecule has 1 fully saturated rings. The van der Waals surface area contributed by atoms with Crippen LogP contribution in [0.25, 0.3) is 11.4 Å². The minimum Gasteiger partial charge on any atom is -0.489 e. The van der Waals surface area contributed by atoms with E-state index in [0.29, 0.717) is 36.3 Å². The molecule has 2 N–H and O–H groups in total. The fourth-order valence-corrected chi connectivity index (χ4v) is 2.17. The number of nitrogens with zero attached hydrogens (tertiary/aromatic N) is 3. The monoisotopic (exact) mass is 320 g/mol. The summed E-state index contributed by atoms with van der Waals surface area (Å²) in [7, 11) is 1.74. The summed E-state index contributed by atoms with van der Waals surface area (Å²) in [6, 6.07) is 7.11. The van der Waals surface area contributed by atoms with Crippen LogP contribution in [0.5, 0.6) is 5.75 Å². The van der Waals surface area contributed by atoms with Crippen LogP contribution in [0.1, 0.15) is 18.7 Å². The molecule has 1 aliphatic carbocycles. The molecular weight excluding hydrogens is 302 g/mol. The van der Waals surface area contributed by atoms with Crippen molar-refractivity contribution in [3.05, 3.63) is 42.0 Å². The molecule has 0 atom stereocenters. The Morgan fingerprint density at radius 1 is 1.39 bits per heavy atom. The highest BCUT2D eigenvalue weighted by Crippen LogP contribution is 2.48. The lowest BCUT2D eigenvalue weighted by Crippen LogP contribution is -2.10. The summed E-state index contributed by atoms with van der Waals surface area (Å²) in [5, 5.41) is 4.16. The molecule has 0 unspecified atom stereocenters. The third kappa shape index (κ3) is 3.24. The Labute approximate surface area is 132 Å². The van der Waals surface area contributed by atoms with Crippen molar-refractivity contribution in [3.63, 3.8) is 0 Å². The molecule has 3 rings (SSSR count). The second kappa shape index (κ2) is 6.08. The Balaban J connectivity index is 1.73. The molecule has 1 saturated carbocycles. The largest absolute Gasteiger partial charge is 0.489 e. The highest BCUT2D eigenvalue weighted by Gasteiger charge is 2.49. The van der Waals surface area contributed by atoms with Crippen LogP contribution >= 0.6 is 0 Å². The van der Waals surface area contributed by atoms with Crippen molar-refractivity contribution >= 4 is 0 Å². The molecule has 0 bridgehead atoms. The molecule has 5 nitrogen and oxygen atoms in total. The number of ether oxygens (including phenoxy) is 1. The minimum absolute atomic E-state index is 0.102. The molecule has 1 aromatic carbocycles. The number of aryl methyl sites for hydroxylation is 1. The highest BCUT2D eigenvalue weighted by atomic mass is 19.1. The Morgan fingerprint density at radius 3 is 2.65 bits per heavy atom. The minimum atomic E-state index is -1.35. The molecule has 0 radical (unpaired) electrons. The summed E-state index contributed by atoms with van der Waals surface area (Å²) in [5.74, 6) is 1.44. The van der Waals surface area contributed by atoms with Gasteiger partial charge in [-0.15, -0.1) is 0 Å². The Kier molecular flexibility index (Phi) is 4.12. The molecule has 1 aliphatic rings.